The molecule has 1 aromatic carbocycles. The van der Waals surface area contributed by atoms with E-state index in [9.17, 15) is 14.7 Å². The Morgan fingerprint density at radius 3 is 2.54 bits per heavy atom. The maximum atomic E-state index is 12.0. The van der Waals surface area contributed by atoms with Gasteiger partial charge in [-0.25, -0.2) is 9.59 Å². The van der Waals surface area contributed by atoms with Gasteiger partial charge in [0, 0.05) is 13.1 Å². The second-order valence-electron chi connectivity index (χ2n) is 7.23. The van der Waals surface area contributed by atoms with Crippen LogP contribution < -0.4 is 5.32 Å². The zero-order chi connectivity index (χ0) is 17.8. The lowest BCUT2D eigenvalue weighted by Gasteiger charge is -2.47. The second kappa shape index (κ2) is 7.11. The van der Waals surface area contributed by atoms with Crippen LogP contribution in [0.15, 0.2) is 30.3 Å². The van der Waals surface area contributed by atoms with Gasteiger partial charge in [-0.2, -0.15) is 0 Å². The fourth-order valence-corrected chi connectivity index (χ4v) is 3.38. The molecular formula is C18H26N2O4. The number of hydrogen-bond donors (Lipinski definition) is 2. The number of alkyl carbamates (subject to hydrolysis) is 1. The number of benzene rings is 1. The number of rotatable bonds is 4. The number of carbonyl (C=O) groups excluding carboxylic acids is 1. The number of carboxylic acid groups (broad SMARTS) is 1. The van der Waals surface area contributed by atoms with E-state index in [4.69, 9.17) is 4.74 Å². The molecule has 0 unspecified atom stereocenters. The van der Waals surface area contributed by atoms with Gasteiger partial charge in [-0.1, -0.05) is 51.1 Å². The Morgan fingerprint density at radius 1 is 1.29 bits per heavy atom. The Morgan fingerprint density at radius 2 is 1.96 bits per heavy atom. The zero-order valence-electron chi connectivity index (χ0n) is 14.5. The number of nitrogens with zero attached hydrogens (tertiary/aromatic N) is 1. The molecule has 6 heteroatoms. The van der Waals surface area contributed by atoms with Gasteiger partial charge in [-0.15, -0.1) is 0 Å². The van der Waals surface area contributed by atoms with Gasteiger partial charge in [0.15, 0.2) is 0 Å². The molecule has 1 saturated heterocycles. The van der Waals surface area contributed by atoms with Gasteiger partial charge in [-0.3, -0.25) is 0 Å². The maximum Gasteiger partial charge on any atom is 0.407 e. The molecule has 2 N–H and O–H groups in total. The predicted molar refractivity (Wildman–Crippen MR) is 90.8 cm³/mol. The molecule has 1 fully saturated rings. The first-order valence-electron chi connectivity index (χ1n) is 8.21. The molecule has 6 nitrogen and oxygen atoms in total. The van der Waals surface area contributed by atoms with Gasteiger partial charge in [0.25, 0.3) is 0 Å². The second-order valence-corrected chi connectivity index (χ2v) is 7.23. The highest BCUT2D eigenvalue weighted by Crippen LogP contribution is 2.43. The summed E-state index contributed by atoms with van der Waals surface area (Å²) >= 11 is 0. The third-order valence-corrected chi connectivity index (χ3v) is 4.85. The molecule has 0 bridgehead atoms. The Kier molecular flexibility index (Phi) is 5.36. The van der Waals surface area contributed by atoms with Crippen molar-refractivity contribution in [1.29, 1.82) is 0 Å². The van der Waals surface area contributed by atoms with E-state index in [1.54, 1.807) is 0 Å². The predicted octanol–water partition coefficient (Wildman–Crippen LogP) is 3.47. The van der Waals surface area contributed by atoms with Gasteiger partial charge in [0.05, 0.1) is 5.54 Å². The number of nitrogens with one attached hydrogen (secondary N) is 1. The third-order valence-electron chi connectivity index (χ3n) is 4.85. The van der Waals surface area contributed by atoms with E-state index >= 15 is 0 Å². The van der Waals surface area contributed by atoms with Crippen molar-refractivity contribution in [1.82, 2.24) is 10.2 Å². The number of ether oxygens (including phenoxy) is 1. The van der Waals surface area contributed by atoms with Crippen LogP contribution in [0.2, 0.25) is 0 Å². The van der Waals surface area contributed by atoms with Gasteiger partial charge in [-0.05, 0) is 23.8 Å². The summed E-state index contributed by atoms with van der Waals surface area (Å²) in [7, 11) is 0. The Balaban J connectivity index is 1.98. The molecule has 0 aliphatic carbocycles. The third kappa shape index (κ3) is 3.80. The molecule has 0 saturated carbocycles. The first-order valence-corrected chi connectivity index (χ1v) is 8.21. The summed E-state index contributed by atoms with van der Waals surface area (Å²) in [5, 5.41) is 12.3. The smallest absolute Gasteiger partial charge is 0.407 e. The van der Waals surface area contributed by atoms with Crippen molar-refractivity contribution in [3.8, 4) is 0 Å². The Hall–Kier alpha value is -2.24. The molecule has 1 aliphatic rings. The van der Waals surface area contributed by atoms with Crippen LogP contribution in [0.4, 0.5) is 9.59 Å². The lowest BCUT2D eigenvalue weighted by molar-refractivity contribution is 0.0293. The summed E-state index contributed by atoms with van der Waals surface area (Å²) in [6.07, 6.45) is 0.0492. The van der Waals surface area contributed by atoms with Crippen molar-refractivity contribution < 1.29 is 19.4 Å². The maximum absolute atomic E-state index is 12.0. The minimum absolute atomic E-state index is 0.192. The molecule has 0 aromatic heterocycles. The van der Waals surface area contributed by atoms with Crippen LogP contribution in [0.25, 0.3) is 0 Å². The Bertz CT molecular complexity index is 582. The van der Waals surface area contributed by atoms with E-state index in [1.807, 2.05) is 51.1 Å². The summed E-state index contributed by atoms with van der Waals surface area (Å²) in [6.45, 7) is 6.95. The average Bonchev–Trinajstić information content (AvgIpc) is 2.97. The van der Waals surface area contributed by atoms with Crippen LogP contribution in [0.5, 0.6) is 0 Å². The number of hydrogen-bond acceptors (Lipinski definition) is 3. The van der Waals surface area contributed by atoms with Crippen molar-refractivity contribution in [3.63, 3.8) is 0 Å². The van der Waals surface area contributed by atoms with Crippen molar-refractivity contribution >= 4 is 12.2 Å². The number of carbonyl (C=O) groups is 2. The van der Waals surface area contributed by atoms with E-state index < -0.39 is 17.7 Å². The topological polar surface area (TPSA) is 78.9 Å². The van der Waals surface area contributed by atoms with E-state index in [0.717, 1.165) is 18.4 Å². The van der Waals surface area contributed by atoms with Crippen molar-refractivity contribution in [2.75, 3.05) is 13.1 Å². The first-order chi connectivity index (χ1) is 11.3. The standard InChI is InChI=1S/C18H26N2O4/c1-17(2,3)18(10-7-11-20(18)16(22)23)13-19-15(21)24-12-14-8-5-4-6-9-14/h4-6,8-9H,7,10-13H2,1-3H3,(H,19,21)(H,22,23)/t18-/m0/s1. The molecule has 2 amide bonds. The fourth-order valence-electron chi connectivity index (χ4n) is 3.38. The van der Waals surface area contributed by atoms with Gasteiger partial charge in [0.1, 0.15) is 6.61 Å². The van der Waals surface area contributed by atoms with E-state index in [2.05, 4.69) is 5.32 Å². The molecule has 1 heterocycles. The van der Waals surface area contributed by atoms with Crippen molar-refractivity contribution in [2.24, 2.45) is 5.41 Å². The van der Waals surface area contributed by atoms with Crippen molar-refractivity contribution in [3.05, 3.63) is 35.9 Å². The summed E-state index contributed by atoms with van der Waals surface area (Å²) in [4.78, 5) is 25.1. The minimum Gasteiger partial charge on any atom is -0.465 e. The van der Waals surface area contributed by atoms with Gasteiger partial charge >= 0.3 is 12.2 Å². The SMILES string of the molecule is CC(C)(C)[C@@]1(CNC(=O)OCc2ccccc2)CCCN1C(=O)O. The normalized spacial score (nSPS) is 20.7. The molecule has 0 spiro atoms. The molecule has 1 aromatic rings. The van der Waals surface area contributed by atoms with Crippen LogP contribution in [-0.2, 0) is 11.3 Å². The lowest BCUT2D eigenvalue weighted by Crippen LogP contribution is -2.61. The van der Waals surface area contributed by atoms with Crippen LogP contribution >= 0.6 is 0 Å². The monoisotopic (exact) mass is 334 g/mol. The van der Waals surface area contributed by atoms with Crippen LogP contribution in [0.3, 0.4) is 0 Å². The highest BCUT2D eigenvalue weighted by atomic mass is 16.5. The quantitative estimate of drug-likeness (QED) is 0.883. The zero-order valence-corrected chi connectivity index (χ0v) is 14.5. The molecular weight excluding hydrogens is 308 g/mol. The van der Waals surface area contributed by atoms with Crippen molar-refractivity contribution in [2.45, 2.75) is 45.8 Å². The summed E-state index contributed by atoms with van der Waals surface area (Å²) in [5.41, 5.74) is -0.00893. The van der Waals surface area contributed by atoms with Gasteiger partial charge < -0.3 is 20.1 Å². The Labute approximate surface area is 142 Å². The fraction of sp³-hybridized carbons (Fsp3) is 0.556. The van der Waals surface area contributed by atoms with E-state index in [-0.39, 0.29) is 18.6 Å². The summed E-state index contributed by atoms with van der Waals surface area (Å²) < 4.78 is 5.23. The highest BCUT2D eigenvalue weighted by molar-refractivity contribution is 5.69. The largest absolute Gasteiger partial charge is 0.465 e. The molecule has 0 radical (unpaired) electrons. The minimum atomic E-state index is -0.943. The average molecular weight is 334 g/mol. The molecule has 1 aliphatic heterocycles. The molecule has 1 atom stereocenters. The van der Waals surface area contributed by atoms with Crippen LogP contribution in [0.1, 0.15) is 39.2 Å². The van der Waals surface area contributed by atoms with E-state index in [0.29, 0.717) is 6.54 Å². The first kappa shape index (κ1) is 18.1. The highest BCUT2D eigenvalue weighted by Gasteiger charge is 2.51. The van der Waals surface area contributed by atoms with Crippen LogP contribution in [0, 0.1) is 5.41 Å². The summed E-state index contributed by atoms with van der Waals surface area (Å²) in [6, 6.07) is 9.43. The number of likely N-dealkylation sites (tertiary alicyclic amines) is 1. The summed E-state index contributed by atoms with van der Waals surface area (Å²) in [5.74, 6) is 0. The van der Waals surface area contributed by atoms with Gasteiger partial charge in [0.2, 0.25) is 0 Å². The molecule has 2 rings (SSSR count). The van der Waals surface area contributed by atoms with Crippen LogP contribution in [-0.4, -0.2) is 40.8 Å². The number of amides is 2. The lowest BCUT2D eigenvalue weighted by atomic mass is 9.71. The molecule has 132 valence electrons. The van der Waals surface area contributed by atoms with E-state index in [1.165, 1.54) is 4.90 Å². The molecule has 24 heavy (non-hydrogen) atoms.